The third-order valence-corrected chi connectivity index (χ3v) is 4.51. The lowest BCUT2D eigenvalue weighted by molar-refractivity contribution is -0.384. The van der Waals surface area contributed by atoms with Crippen LogP contribution in [0.5, 0.6) is 0 Å². The first-order valence-electron chi connectivity index (χ1n) is 8.94. The maximum atomic E-state index is 12.5. The Morgan fingerprint density at radius 3 is 2.70 bits per heavy atom. The summed E-state index contributed by atoms with van der Waals surface area (Å²) < 4.78 is 0. The number of aromatic nitrogens is 1. The molecule has 0 fully saturated rings. The van der Waals surface area contributed by atoms with Gasteiger partial charge in [0.05, 0.1) is 10.5 Å². The number of carbonyl (C=O) groups excluding carboxylic acids is 1. The molecular weight excluding hydrogens is 344 g/mol. The van der Waals surface area contributed by atoms with E-state index in [0.717, 1.165) is 25.2 Å². The van der Waals surface area contributed by atoms with E-state index in [-0.39, 0.29) is 11.6 Å². The highest BCUT2D eigenvalue weighted by atomic mass is 16.6. The highest BCUT2D eigenvalue weighted by Gasteiger charge is 2.15. The molecule has 2 N–H and O–H groups in total. The van der Waals surface area contributed by atoms with Crippen LogP contribution in [-0.4, -0.2) is 35.4 Å². The van der Waals surface area contributed by atoms with Crippen molar-refractivity contribution in [3.8, 4) is 0 Å². The molecule has 0 bridgehead atoms. The molecule has 3 aromatic rings. The predicted octanol–water partition coefficient (Wildman–Crippen LogP) is 3.72. The predicted molar refractivity (Wildman–Crippen MR) is 106 cm³/mol. The van der Waals surface area contributed by atoms with Crippen molar-refractivity contribution >= 4 is 28.2 Å². The van der Waals surface area contributed by atoms with E-state index in [0.29, 0.717) is 23.0 Å². The Morgan fingerprint density at radius 2 is 2.00 bits per heavy atom. The molecular formula is C20H22N4O3. The Labute approximate surface area is 157 Å². The van der Waals surface area contributed by atoms with Gasteiger partial charge in [0, 0.05) is 54.6 Å². The number of amides is 1. The number of rotatable bonds is 8. The van der Waals surface area contributed by atoms with Gasteiger partial charge in [-0.15, -0.1) is 0 Å². The first-order valence-corrected chi connectivity index (χ1v) is 8.94. The molecule has 0 aliphatic rings. The number of nitrogens with zero attached hydrogens (tertiary/aromatic N) is 2. The molecule has 7 heteroatoms. The Kier molecular flexibility index (Phi) is 5.71. The number of nitro benzene ring substituents is 1. The lowest BCUT2D eigenvalue weighted by atomic mass is 10.1. The summed E-state index contributed by atoms with van der Waals surface area (Å²) in [6, 6.07) is 14.6. The van der Waals surface area contributed by atoms with Crippen molar-refractivity contribution in [3.63, 3.8) is 0 Å². The fourth-order valence-electron chi connectivity index (χ4n) is 3.09. The summed E-state index contributed by atoms with van der Waals surface area (Å²) in [5.41, 5.74) is 2.25. The largest absolute Gasteiger partial charge is 0.372 e. The van der Waals surface area contributed by atoms with E-state index in [9.17, 15) is 14.9 Å². The number of para-hydroxylation sites is 1. The average molecular weight is 366 g/mol. The van der Waals surface area contributed by atoms with Crippen LogP contribution in [0.15, 0.2) is 54.7 Å². The van der Waals surface area contributed by atoms with Crippen LogP contribution in [0.4, 0.5) is 11.4 Å². The van der Waals surface area contributed by atoms with Gasteiger partial charge >= 0.3 is 0 Å². The molecule has 0 aliphatic heterocycles. The molecule has 7 nitrogen and oxygen atoms in total. The van der Waals surface area contributed by atoms with Crippen LogP contribution < -0.4 is 10.2 Å². The molecule has 0 spiro atoms. The van der Waals surface area contributed by atoms with Gasteiger partial charge in [-0.3, -0.25) is 14.9 Å². The van der Waals surface area contributed by atoms with Gasteiger partial charge in [-0.25, -0.2) is 0 Å². The molecule has 0 aliphatic carbocycles. The van der Waals surface area contributed by atoms with Gasteiger partial charge in [0.1, 0.15) is 0 Å². The van der Waals surface area contributed by atoms with Gasteiger partial charge in [-0.1, -0.05) is 18.2 Å². The number of H-pyrrole nitrogens is 1. The second kappa shape index (κ2) is 8.35. The maximum Gasteiger partial charge on any atom is 0.270 e. The van der Waals surface area contributed by atoms with Crippen LogP contribution in [0.25, 0.3) is 10.9 Å². The van der Waals surface area contributed by atoms with Crippen molar-refractivity contribution in [2.75, 3.05) is 24.5 Å². The third-order valence-electron chi connectivity index (χ3n) is 4.51. The zero-order valence-corrected chi connectivity index (χ0v) is 15.1. The van der Waals surface area contributed by atoms with E-state index in [1.165, 1.54) is 12.1 Å². The monoisotopic (exact) mass is 366 g/mol. The number of aromatic amines is 1. The Bertz CT molecular complexity index is 937. The summed E-state index contributed by atoms with van der Waals surface area (Å²) in [7, 11) is 0. The molecule has 27 heavy (non-hydrogen) atoms. The van der Waals surface area contributed by atoms with E-state index >= 15 is 0 Å². The zero-order chi connectivity index (χ0) is 19.2. The van der Waals surface area contributed by atoms with Gasteiger partial charge in [0.15, 0.2) is 0 Å². The number of carbonyl (C=O) groups is 1. The lowest BCUT2D eigenvalue weighted by Gasteiger charge is -2.23. The second-order valence-electron chi connectivity index (χ2n) is 6.21. The summed E-state index contributed by atoms with van der Waals surface area (Å²) in [4.78, 5) is 28.2. The van der Waals surface area contributed by atoms with E-state index in [1.807, 2.05) is 18.2 Å². The quantitative estimate of drug-likeness (QED) is 0.361. The van der Waals surface area contributed by atoms with E-state index in [1.54, 1.807) is 12.3 Å². The van der Waals surface area contributed by atoms with Crippen LogP contribution in [0.2, 0.25) is 0 Å². The lowest BCUT2D eigenvalue weighted by Crippen LogP contribution is -2.29. The number of nitrogens with one attached hydrogen (secondary N) is 2. The SMILES string of the molecule is CCN(CCCNC(=O)c1c[nH]c2ccc([N+](=O)[O-])cc12)c1ccccc1. The molecule has 0 unspecified atom stereocenters. The van der Waals surface area contributed by atoms with E-state index in [4.69, 9.17) is 0 Å². The molecule has 0 saturated carbocycles. The van der Waals surface area contributed by atoms with E-state index in [2.05, 4.69) is 34.3 Å². The number of hydrogen-bond donors (Lipinski definition) is 2. The smallest absolute Gasteiger partial charge is 0.270 e. The maximum absolute atomic E-state index is 12.5. The summed E-state index contributed by atoms with van der Waals surface area (Å²) in [5.74, 6) is -0.232. The van der Waals surface area contributed by atoms with Crippen LogP contribution in [-0.2, 0) is 0 Å². The Hall–Kier alpha value is -3.35. The topological polar surface area (TPSA) is 91.3 Å². The van der Waals surface area contributed by atoms with Crippen LogP contribution in [0, 0.1) is 10.1 Å². The zero-order valence-electron chi connectivity index (χ0n) is 15.1. The Morgan fingerprint density at radius 1 is 1.22 bits per heavy atom. The number of fused-ring (bicyclic) bond motifs is 1. The van der Waals surface area contributed by atoms with Crippen molar-refractivity contribution < 1.29 is 9.72 Å². The van der Waals surface area contributed by atoms with E-state index < -0.39 is 4.92 Å². The highest BCUT2D eigenvalue weighted by molar-refractivity contribution is 6.07. The summed E-state index contributed by atoms with van der Waals surface area (Å²) in [6.45, 7) is 4.36. The minimum Gasteiger partial charge on any atom is -0.372 e. The molecule has 0 saturated heterocycles. The highest BCUT2D eigenvalue weighted by Crippen LogP contribution is 2.23. The van der Waals surface area contributed by atoms with Crippen molar-refractivity contribution in [2.24, 2.45) is 0 Å². The average Bonchev–Trinajstić information content (AvgIpc) is 3.12. The molecule has 1 aromatic heterocycles. The fraction of sp³-hybridized carbons (Fsp3) is 0.250. The summed E-state index contributed by atoms with van der Waals surface area (Å²) >= 11 is 0. The molecule has 2 aromatic carbocycles. The van der Waals surface area contributed by atoms with Crippen molar-refractivity contribution in [2.45, 2.75) is 13.3 Å². The number of nitro groups is 1. The molecule has 0 radical (unpaired) electrons. The minimum absolute atomic E-state index is 0.0300. The summed E-state index contributed by atoms with van der Waals surface area (Å²) in [5, 5.41) is 14.4. The van der Waals surface area contributed by atoms with Crippen molar-refractivity contribution in [1.29, 1.82) is 0 Å². The first-order chi connectivity index (χ1) is 13.1. The van der Waals surface area contributed by atoms with Gasteiger partial charge in [-0.05, 0) is 31.5 Å². The van der Waals surface area contributed by atoms with Crippen LogP contribution >= 0.6 is 0 Å². The number of benzene rings is 2. The standard InChI is InChI=1S/C20H22N4O3/c1-2-23(15-7-4-3-5-8-15)12-6-11-21-20(25)18-14-22-19-10-9-16(24(26)27)13-17(18)19/h3-5,7-10,13-14,22H,2,6,11-12H2,1H3,(H,21,25). The Balaban J connectivity index is 1.59. The van der Waals surface area contributed by atoms with Crippen LogP contribution in [0.1, 0.15) is 23.7 Å². The third kappa shape index (κ3) is 4.25. The molecule has 0 atom stereocenters. The van der Waals surface area contributed by atoms with Crippen molar-refractivity contribution in [3.05, 3.63) is 70.4 Å². The second-order valence-corrected chi connectivity index (χ2v) is 6.21. The van der Waals surface area contributed by atoms with Gasteiger partial charge in [0.25, 0.3) is 11.6 Å². The molecule has 1 heterocycles. The molecule has 140 valence electrons. The number of anilines is 1. The minimum atomic E-state index is -0.461. The number of non-ortho nitro benzene ring substituents is 1. The van der Waals surface area contributed by atoms with Gasteiger partial charge in [0.2, 0.25) is 0 Å². The van der Waals surface area contributed by atoms with Gasteiger partial charge in [-0.2, -0.15) is 0 Å². The number of hydrogen-bond acceptors (Lipinski definition) is 4. The first kappa shape index (κ1) is 18.4. The normalized spacial score (nSPS) is 10.7. The molecule has 1 amide bonds. The van der Waals surface area contributed by atoms with Gasteiger partial charge < -0.3 is 15.2 Å². The van der Waals surface area contributed by atoms with Crippen LogP contribution in [0.3, 0.4) is 0 Å². The van der Waals surface area contributed by atoms with Crippen molar-refractivity contribution in [1.82, 2.24) is 10.3 Å². The fourth-order valence-corrected chi connectivity index (χ4v) is 3.09. The summed E-state index contributed by atoms with van der Waals surface area (Å²) in [6.07, 6.45) is 2.39. The molecule has 3 rings (SSSR count).